The van der Waals surface area contributed by atoms with Crippen LogP contribution in [-0.4, -0.2) is 9.97 Å². The predicted octanol–water partition coefficient (Wildman–Crippen LogP) is 1.69. The molecule has 4 nitrogen and oxygen atoms in total. The number of aromatic amines is 2. The first-order valence-electron chi connectivity index (χ1n) is 4.66. The number of benzene rings is 1. The Balaban J connectivity index is 2.67. The molecule has 0 aliphatic carbocycles. The van der Waals surface area contributed by atoms with E-state index in [4.69, 9.17) is 11.6 Å². The van der Waals surface area contributed by atoms with Gasteiger partial charge in [-0.25, -0.2) is 4.79 Å². The van der Waals surface area contributed by atoms with Gasteiger partial charge in [0.15, 0.2) is 0 Å². The summed E-state index contributed by atoms with van der Waals surface area (Å²) in [6.45, 7) is 1.88. The van der Waals surface area contributed by atoms with Crippen LogP contribution in [-0.2, 0) is 0 Å². The van der Waals surface area contributed by atoms with Crippen LogP contribution in [0.25, 0.3) is 11.1 Å². The lowest BCUT2D eigenvalue weighted by Crippen LogP contribution is -2.22. The fourth-order valence-electron chi connectivity index (χ4n) is 1.52. The van der Waals surface area contributed by atoms with Gasteiger partial charge in [0, 0.05) is 11.2 Å². The molecule has 5 heteroatoms. The predicted molar refractivity (Wildman–Crippen MR) is 62.9 cm³/mol. The van der Waals surface area contributed by atoms with Gasteiger partial charge in [-0.1, -0.05) is 17.7 Å². The molecule has 2 N–H and O–H groups in total. The van der Waals surface area contributed by atoms with Crippen LogP contribution < -0.4 is 11.2 Å². The number of nitrogens with one attached hydrogen (secondary N) is 2. The van der Waals surface area contributed by atoms with Gasteiger partial charge in [-0.15, -0.1) is 0 Å². The van der Waals surface area contributed by atoms with Gasteiger partial charge in [0.05, 0.1) is 5.56 Å². The Morgan fingerprint density at radius 2 is 1.94 bits per heavy atom. The zero-order valence-electron chi connectivity index (χ0n) is 8.50. The monoisotopic (exact) mass is 236 g/mol. The third kappa shape index (κ3) is 2.06. The van der Waals surface area contributed by atoms with Crippen molar-refractivity contribution in [3.05, 3.63) is 55.8 Å². The lowest BCUT2D eigenvalue weighted by Gasteiger charge is -2.02. The first kappa shape index (κ1) is 10.7. The van der Waals surface area contributed by atoms with Crippen molar-refractivity contribution in [1.82, 2.24) is 9.97 Å². The molecule has 0 aliphatic rings. The highest BCUT2D eigenvalue weighted by molar-refractivity contribution is 6.30. The van der Waals surface area contributed by atoms with E-state index in [9.17, 15) is 9.59 Å². The van der Waals surface area contributed by atoms with Crippen molar-refractivity contribution in [1.29, 1.82) is 0 Å². The summed E-state index contributed by atoms with van der Waals surface area (Å²) in [6.07, 6.45) is 1.38. The summed E-state index contributed by atoms with van der Waals surface area (Å²) < 4.78 is 0. The molecule has 0 aliphatic heterocycles. The average molecular weight is 237 g/mol. The largest absolute Gasteiger partial charge is 0.325 e. The van der Waals surface area contributed by atoms with Crippen LogP contribution in [0.4, 0.5) is 0 Å². The van der Waals surface area contributed by atoms with E-state index in [0.717, 1.165) is 5.56 Å². The summed E-state index contributed by atoms with van der Waals surface area (Å²) in [6, 6.07) is 5.30. The van der Waals surface area contributed by atoms with Crippen LogP contribution >= 0.6 is 11.6 Å². The minimum absolute atomic E-state index is 0.394. The van der Waals surface area contributed by atoms with Crippen LogP contribution in [0.5, 0.6) is 0 Å². The molecule has 1 heterocycles. The van der Waals surface area contributed by atoms with Gasteiger partial charge in [0.2, 0.25) is 0 Å². The van der Waals surface area contributed by atoms with Gasteiger partial charge in [-0.3, -0.25) is 9.78 Å². The Hall–Kier alpha value is -1.81. The molecule has 2 aromatic rings. The quantitative estimate of drug-likeness (QED) is 0.791. The second-order valence-electron chi connectivity index (χ2n) is 3.50. The highest BCUT2D eigenvalue weighted by atomic mass is 35.5. The van der Waals surface area contributed by atoms with Gasteiger partial charge in [0.25, 0.3) is 5.56 Å². The molecule has 0 amide bonds. The van der Waals surface area contributed by atoms with Crippen LogP contribution in [0.3, 0.4) is 0 Å². The standard InChI is InChI=1S/C11H9ClN2O2/c1-6-2-7(4-8(12)3-6)9-5-13-11(16)14-10(9)15/h2-5H,1H3,(H2,13,14,15,16). The van der Waals surface area contributed by atoms with E-state index >= 15 is 0 Å². The molecule has 0 fully saturated rings. The van der Waals surface area contributed by atoms with E-state index in [1.165, 1.54) is 6.20 Å². The van der Waals surface area contributed by atoms with E-state index in [0.29, 0.717) is 16.1 Å². The van der Waals surface area contributed by atoms with Crippen molar-refractivity contribution in [3.63, 3.8) is 0 Å². The molecule has 82 valence electrons. The van der Waals surface area contributed by atoms with E-state index in [2.05, 4.69) is 9.97 Å². The molecular weight excluding hydrogens is 228 g/mol. The first-order chi connectivity index (χ1) is 7.56. The normalized spacial score (nSPS) is 10.4. The Morgan fingerprint density at radius 3 is 2.56 bits per heavy atom. The third-order valence-electron chi connectivity index (χ3n) is 2.17. The summed E-state index contributed by atoms with van der Waals surface area (Å²) in [5.41, 5.74) is 1.08. The molecule has 1 aromatic heterocycles. The summed E-state index contributed by atoms with van der Waals surface area (Å²) >= 11 is 5.90. The average Bonchev–Trinajstić information content (AvgIpc) is 2.15. The smallest absolute Gasteiger partial charge is 0.313 e. The van der Waals surface area contributed by atoms with Gasteiger partial charge >= 0.3 is 5.69 Å². The van der Waals surface area contributed by atoms with Crippen LogP contribution in [0, 0.1) is 6.92 Å². The zero-order valence-corrected chi connectivity index (χ0v) is 9.26. The summed E-state index contributed by atoms with van der Waals surface area (Å²) in [5.74, 6) is 0. The first-order valence-corrected chi connectivity index (χ1v) is 5.03. The fourth-order valence-corrected chi connectivity index (χ4v) is 1.81. The minimum atomic E-state index is -0.521. The number of hydrogen-bond donors (Lipinski definition) is 2. The molecule has 0 bridgehead atoms. The molecule has 0 saturated heterocycles. The Labute approximate surface area is 95.9 Å². The maximum Gasteiger partial charge on any atom is 0.325 e. The van der Waals surface area contributed by atoms with Crippen molar-refractivity contribution in [2.24, 2.45) is 0 Å². The number of rotatable bonds is 1. The molecule has 0 unspecified atom stereocenters. The number of halogens is 1. The molecule has 1 aromatic carbocycles. The van der Waals surface area contributed by atoms with Crippen molar-refractivity contribution >= 4 is 11.6 Å². The molecule has 0 saturated carbocycles. The van der Waals surface area contributed by atoms with E-state index < -0.39 is 11.2 Å². The zero-order chi connectivity index (χ0) is 11.7. The number of aromatic nitrogens is 2. The lowest BCUT2D eigenvalue weighted by atomic mass is 10.1. The molecule has 16 heavy (non-hydrogen) atoms. The van der Waals surface area contributed by atoms with E-state index in [-0.39, 0.29) is 0 Å². The van der Waals surface area contributed by atoms with Crippen LogP contribution in [0.1, 0.15) is 5.56 Å². The Morgan fingerprint density at radius 1 is 1.19 bits per heavy atom. The number of hydrogen-bond acceptors (Lipinski definition) is 2. The van der Waals surface area contributed by atoms with E-state index in [1.807, 2.05) is 13.0 Å². The summed E-state index contributed by atoms with van der Waals surface area (Å²) in [7, 11) is 0. The fraction of sp³-hybridized carbons (Fsp3) is 0.0909. The molecule has 0 radical (unpaired) electrons. The second kappa shape index (κ2) is 3.98. The van der Waals surface area contributed by atoms with Crippen molar-refractivity contribution < 1.29 is 0 Å². The SMILES string of the molecule is Cc1cc(Cl)cc(-c2c[nH]c(=O)[nH]c2=O)c1. The van der Waals surface area contributed by atoms with Crippen molar-refractivity contribution in [3.8, 4) is 11.1 Å². The molecule has 0 spiro atoms. The van der Waals surface area contributed by atoms with E-state index in [1.54, 1.807) is 12.1 Å². The highest BCUT2D eigenvalue weighted by Crippen LogP contribution is 2.21. The lowest BCUT2D eigenvalue weighted by molar-refractivity contribution is 1.04. The van der Waals surface area contributed by atoms with Gasteiger partial charge in [-0.2, -0.15) is 0 Å². The highest BCUT2D eigenvalue weighted by Gasteiger charge is 2.05. The minimum Gasteiger partial charge on any atom is -0.313 e. The summed E-state index contributed by atoms with van der Waals surface area (Å²) in [5, 5.41) is 0.556. The number of H-pyrrole nitrogens is 2. The van der Waals surface area contributed by atoms with Crippen LogP contribution in [0.15, 0.2) is 34.0 Å². The van der Waals surface area contributed by atoms with Crippen molar-refractivity contribution in [2.45, 2.75) is 6.92 Å². The second-order valence-corrected chi connectivity index (χ2v) is 3.94. The van der Waals surface area contributed by atoms with Gasteiger partial charge in [-0.05, 0) is 30.2 Å². The Bertz CT molecular complexity index is 623. The molecular formula is C11H9ClN2O2. The van der Waals surface area contributed by atoms with Gasteiger partial charge in [0.1, 0.15) is 0 Å². The molecule has 2 rings (SSSR count). The topological polar surface area (TPSA) is 65.7 Å². The maximum atomic E-state index is 11.5. The number of aryl methyl sites for hydroxylation is 1. The third-order valence-corrected chi connectivity index (χ3v) is 2.39. The molecule has 0 atom stereocenters. The Kier molecular flexibility index (Phi) is 2.66. The van der Waals surface area contributed by atoms with Crippen LogP contribution in [0.2, 0.25) is 5.02 Å². The van der Waals surface area contributed by atoms with Gasteiger partial charge < -0.3 is 4.98 Å². The van der Waals surface area contributed by atoms with Crippen molar-refractivity contribution in [2.75, 3.05) is 0 Å². The summed E-state index contributed by atoms with van der Waals surface area (Å²) in [4.78, 5) is 27.0. The maximum absolute atomic E-state index is 11.5.